The Morgan fingerprint density at radius 2 is 2.05 bits per heavy atom. The van der Waals surface area contributed by atoms with Crippen LogP contribution < -0.4 is 5.32 Å². The van der Waals surface area contributed by atoms with Gasteiger partial charge in [-0.05, 0) is 17.7 Å². The van der Waals surface area contributed by atoms with Gasteiger partial charge in [-0.2, -0.15) is 0 Å². The normalized spacial score (nSPS) is 10.4. The zero-order valence-corrected chi connectivity index (χ0v) is 13.3. The molecule has 2 rings (SSSR count). The molecule has 0 fully saturated rings. The maximum absolute atomic E-state index is 12.8. The van der Waals surface area contributed by atoms with E-state index in [1.165, 1.54) is 35.2 Å². The molecule has 112 valence electrons. The lowest BCUT2D eigenvalue weighted by Crippen LogP contribution is -2.23. The van der Waals surface area contributed by atoms with Crippen molar-refractivity contribution in [1.29, 1.82) is 0 Å². The second-order valence-electron chi connectivity index (χ2n) is 4.43. The Labute approximate surface area is 130 Å². The van der Waals surface area contributed by atoms with E-state index in [1.807, 2.05) is 0 Å². The predicted molar refractivity (Wildman–Crippen MR) is 83.1 cm³/mol. The molecule has 0 radical (unpaired) electrons. The molecule has 2 aromatic rings. The average molecular weight is 326 g/mol. The molecular formula is C13H15FN4OS2. The Hall–Kier alpha value is -1.67. The molecule has 0 aliphatic rings. The number of amides is 1. The van der Waals surface area contributed by atoms with Gasteiger partial charge < -0.3 is 10.2 Å². The maximum Gasteiger partial charge on any atom is 0.232 e. The number of nitrogens with zero attached hydrogens (tertiary/aromatic N) is 3. The molecule has 0 aliphatic carbocycles. The molecule has 0 saturated carbocycles. The van der Waals surface area contributed by atoms with Crippen molar-refractivity contribution in [1.82, 2.24) is 15.1 Å². The van der Waals surface area contributed by atoms with E-state index in [2.05, 4.69) is 15.5 Å². The van der Waals surface area contributed by atoms with E-state index in [4.69, 9.17) is 0 Å². The van der Waals surface area contributed by atoms with Crippen molar-refractivity contribution in [2.24, 2.45) is 0 Å². The molecule has 0 saturated heterocycles. The summed E-state index contributed by atoms with van der Waals surface area (Å²) in [7, 11) is 3.44. The summed E-state index contributed by atoms with van der Waals surface area (Å²) in [5, 5.41) is 11.8. The van der Waals surface area contributed by atoms with Crippen LogP contribution in [0.1, 0.15) is 5.56 Å². The highest BCUT2D eigenvalue weighted by molar-refractivity contribution is 8.01. The van der Waals surface area contributed by atoms with Gasteiger partial charge in [0.15, 0.2) is 4.34 Å². The maximum atomic E-state index is 12.8. The summed E-state index contributed by atoms with van der Waals surface area (Å²) in [5.41, 5.74) is 0.962. The van der Waals surface area contributed by atoms with Crippen LogP contribution in [0.25, 0.3) is 0 Å². The van der Waals surface area contributed by atoms with Gasteiger partial charge in [0.1, 0.15) is 5.82 Å². The van der Waals surface area contributed by atoms with Gasteiger partial charge in [-0.15, -0.1) is 10.2 Å². The molecule has 0 spiro atoms. The Morgan fingerprint density at radius 3 is 2.71 bits per heavy atom. The lowest BCUT2D eigenvalue weighted by Gasteiger charge is -2.07. The van der Waals surface area contributed by atoms with Crippen molar-refractivity contribution in [3.63, 3.8) is 0 Å². The number of carbonyl (C=O) groups excluding carboxylic acids is 1. The van der Waals surface area contributed by atoms with Crippen molar-refractivity contribution in [3.05, 3.63) is 35.6 Å². The molecule has 0 atom stereocenters. The van der Waals surface area contributed by atoms with Crippen LogP contribution in [0.15, 0.2) is 28.6 Å². The minimum atomic E-state index is -0.251. The molecule has 5 nitrogen and oxygen atoms in total. The van der Waals surface area contributed by atoms with Crippen molar-refractivity contribution >= 4 is 34.1 Å². The summed E-state index contributed by atoms with van der Waals surface area (Å²) < 4.78 is 13.5. The zero-order valence-electron chi connectivity index (χ0n) is 11.7. The molecule has 1 aromatic heterocycles. The largest absolute Gasteiger partial charge is 0.356 e. The Balaban J connectivity index is 1.82. The van der Waals surface area contributed by atoms with E-state index in [9.17, 15) is 9.18 Å². The van der Waals surface area contributed by atoms with Crippen molar-refractivity contribution in [2.45, 2.75) is 10.9 Å². The molecule has 1 amide bonds. The van der Waals surface area contributed by atoms with E-state index in [-0.39, 0.29) is 11.7 Å². The molecule has 8 heteroatoms. The van der Waals surface area contributed by atoms with Crippen molar-refractivity contribution in [2.75, 3.05) is 25.2 Å². The number of halogens is 1. The summed E-state index contributed by atoms with van der Waals surface area (Å²) in [6, 6.07) is 6.28. The topological polar surface area (TPSA) is 58.1 Å². The van der Waals surface area contributed by atoms with Crippen LogP contribution >= 0.6 is 23.1 Å². The third-order valence-corrected chi connectivity index (χ3v) is 4.58. The summed E-state index contributed by atoms with van der Waals surface area (Å²) in [6.45, 7) is 0.552. The minimum absolute atomic E-state index is 0.0380. The highest BCUT2D eigenvalue weighted by Gasteiger charge is 2.09. The van der Waals surface area contributed by atoms with Crippen molar-refractivity contribution in [3.8, 4) is 0 Å². The molecule has 1 heterocycles. The monoisotopic (exact) mass is 326 g/mol. The van der Waals surface area contributed by atoms with Crippen LogP contribution in [0, 0.1) is 5.82 Å². The average Bonchev–Trinajstić information content (AvgIpc) is 2.92. The van der Waals surface area contributed by atoms with Crippen molar-refractivity contribution < 1.29 is 9.18 Å². The van der Waals surface area contributed by atoms with Gasteiger partial charge >= 0.3 is 0 Å². The summed E-state index contributed by atoms with van der Waals surface area (Å²) in [5.74, 6) is 0.134. The number of hydrogen-bond donors (Lipinski definition) is 1. The number of rotatable bonds is 6. The summed E-state index contributed by atoms with van der Waals surface area (Å²) >= 11 is 2.76. The number of anilines is 1. The fraction of sp³-hybridized carbons (Fsp3) is 0.308. The van der Waals surface area contributed by atoms with Gasteiger partial charge in [-0.3, -0.25) is 4.79 Å². The smallest absolute Gasteiger partial charge is 0.232 e. The van der Waals surface area contributed by atoms with Gasteiger partial charge in [0.2, 0.25) is 11.0 Å². The van der Waals surface area contributed by atoms with Crippen LogP contribution in [0.5, 0.6) is 0 Å². The van der Waals surface area contributed by atoms with Crippen LogP contribution in [-0.2, 0) is 11.3 Å². The lowest BCUT2D eigenvalue weighted by atomic mass is 10.2. The first-order valence-corrected chi connectivity index (χ1v) is 7.99. The summed E-state index contributed by atoms with van der Waals surface area (Å²) in [6.07, 6.45) is 0. The number of thioether (sulfide) groups is 1. The van der Waals surface area contributed by atoms with Gasteiger partial charge in [0.05, 0.1) is 5.75 Å². The van der Waals surface area contributed by atoms with E-state index < -0.39 is 0 Å². The minimum Gasteiger partial charge on any atom is -0.356 e. The lowest BCUT2D eigenvalue weighted by molar-refractivity contribution is -0.125. The highest BCUT2D eigenvalue weighted by Crippen LogP contribution is 2.25. The molecule has 0 bridgehead atoms. The molecule has 1 N–H and O–H groups in total. The quantitative estimate of drug-likeness (QED) is 0.827. The number of carbonyl (C=O) groups is 1. The van der Waals surface area contributed by atoms with Gasteiger partial charge in [-0.1, -0.05) is 35.2 Å². The molecule has 21 heavy (non-hydrogen) atoms. The molecule has 1 aromatic carbocycles. The van der Waals surface area contributed by atoms with E-state index in [0.717, 1.165) is 9.90 Å². The second kappa shape index (κ2) is 7.37. The number of nitrogens with one attached hydrogen (secondary N) is 1. The highest BCUT2D eigenvalue weighted by atomic mass is 32.2. The second-order valence-corrected chi connectivity index (χ2v) is 6.63. The fourth-order valence-electron chi connectivity index (χ4n) is 1.37. The third kappa shape index (κ3) is 4.98. The first-order valence-electron chi connectivity index (χ1n) is 6.19. The van der Waals surface area contributed by atoms with E-state index in [1.54, 1.807) is 31.1 Å². The Morgan fingerprint density at radius 1 is 1.33 bits per heavy atom. The van der Waals surface area contributed by atoms with Gasteiger partial charge in [0, 0.05) is 20.6 Å². The number of aromatic nitrogens is 2. The number of benzene rings is 1. The van der Waals surface area contributed by atoms with Crippen LogP contribution in [-0.4, -0.2) is 40.9 Å². The third-order valence-electron chi connectivity index (χ3n) is 2.58. The Kier molecular flexibility index (Phi) is 5.51. The standard InChI is InChI=1S/C13H15FN4OS2/c1-18(2)11(19)8-20-13-17-16-12(21-13)15-7-9-3-5-10(14)6-4-9/h3-6H,7-8H2,1-2H3,(H,15,16). The first kappa shape index (κ1) is 15.7. The van der Waals surface area contributed by atoms with Gasteiger partial charge in [-0.25, -0.2) is 4.39 Å². The number of hydrogen-bond acceptors (Lipinski definition) is 6. The SMILES string of the molecule is CN(C)C(=O)CSc1nnc(NCc2ccc(F)cc2)s1. The fourth-order valence-corrected chi connectivity index (χ4v) is 3.10. The Bertz CT molecular complexity index is 600. The molecule has 0 unspecified atom stereocenters. The summed E-state index contributed by atoms with van der Waals surface area (Å²) in [4.78, 5) is 13.0. The zero-order chi connectivity index (χ0) is 15.2. The van der Waals surface area contributed by atoms with E-state index >= 15 is 0 Å². The predicted octanol–water partition coefficient (Wildman–Crippen LogP) is 2.47. The van der Waals surface area contributed by atoms with Crippen LogP contribution in [0.4, 0.5) is 9.52 Å². The van der Waals surface area contributed by atoms with Gasteiger partial charge in [0.25, 0.3) is 0 Å². The first-order chi connectivity index (χ1) is 10.0. The van der Waals surface area contributed by atoms with E-state index in [0.29, 0.717) is 17.4 Å². The van der Waals surface area contributed by atoms with Crippen LogP contribution in [0.3, 0.4) is 0 Å². The van der Waals surface area contributed by atoms with Crippen LogP contribution in [0.2, 0.25) is 0 Å². The molecular weight excluding hydrogens is 311 g/mol. The molecule has 0 aliphatic heterocycles.